The number of carbonyl (C=O) groups is 1. The Labute approximate surface area is 172 Å². The van der Waals surface area contributed by atoms with Crippen molar-refractivity contribution in [1.29, 1.82) is 0 Å². The number of carbonyl (C=O) groups excluding carboxylic acids is 1. The van der Waals surface area contributed by atoms with Crippen LogP contribution in [0.2, 0.25) is 0 Å². The van der Waals surface area contributed by atoms with Crippen molar-refractivity contribution in [2.24, 2.45) is 0 Å². The summed E-state index contributed by atoms with van der Waals surface area (Å²) in [6.45, 7) is 7.21. The number of nitrogens with zero attached hydrogens (tertiary/aromatic N) is 2. The molecule has 0 radical (unpaired) electrons. The van der Waals surface area contributed by atoms with Gasteiger partial charge < -0.3 is 4.74 Å². The van der Waals surface area contributed by atoms with Crippen LogP contribution >= 0.6 is 0 Å². The molecule has 0 amide bonds. The maximum Gasteiger partial charge on any atom is 0.223 e. The maximum atomic E-state index is 13.4. The van der Waals surface area contributed by atoms with E-state index in [-0.39, 0.29) is 5.78 Å². The lowest BCUT2D eigenvalue weighted by molar-refractivity contribution is 0.103. The van der Waals surface area contributed by atoms with Gasteiger partial charge in [0.05, 0.1) is 6.20 Å². The quantitative estimate of drug-likeness (QED) is 0.545. The molecule has 3 aromatic rings. The first-order valence-electron chi connectivity index (χ1n) is 10.5. The van der Waals surface area contributed by atoms with Crippen LogP contribution in [-0.2, 0) is 26.0 Å². The monoisotopic (exact) mass is 388 g/mol. The highest BCUT2D eigenvalue weighted by Gasteiger charge is 2.24. The fourth-order valence-electron chi connectivity index (χ4n) is 4.15. The Morgan fingerprint density at radius 3 is 2.55 bits per heavy atom. The SMILES string of the molecule is CCn1ncc(C(=O)c2ccc3c(c2C)CCCC3)c1OCc1ccc(C)cc1. The van der Waals surface area contributed by atoms with Crippen LogP contribution < -0.4 is 4.74 Å². The summed E-state index contributed by atoms with van der Waals surface area (Å²) in [5.74, 6) is 0.546. The topological polar surface area (TPSA) is 44.1 Å². The number of rotatable bonds is 6. The van der Waals surface area contributed by atoms with Crippen LogP contribution in [0.4, 0.5) is 0 Å². The highest BCUT2D eigenvalue weighted by Crippen LogP contribution is 2.30. The van der Waals surface area contributed by atoms with E-state index in [1.807, 2.05) is 13.0 Å². The molecular formula is C25H28N2O2. The number of aromatic nitrogens is 2. The Morgan fingerprint density at radius 1 is 1.03 bits per heavy atom. The summed E-state index contributed by atoms with van der Waals surface area (Å²) in [5.41, 5.74) is 7.45. The Bertz CT molecular complexity index is 1030. The van der Waals surface area contributed by atoms with Crippen molar-refractivity contribution in [3.63, 3.8) is 0 Å². The first kappa shape index (κ1) is 19.4. The molecule has 0 fully saturated rings. The van der Waals surface area contributed by atoms with E-state index in [0.717, 1.165) is 29.5 Å². The molecule has 4 rings (SSSR count). The van der Waals surface area contributed by atoms with Gasteiger partial charge in [0, 0.05) is 12.1 Å². The van der Waals surface area contributed by atoms with Crippen LogP contribution in [0.15, 0.2) is 42.6 Å². The fourth-order valence-corrected chi connectivity index (χ4v) is 4.15. The van der Waals surface area contributed by atoms with Crippen molar-refractivity contribution in [3.8, 4) is 5.88 Å². The molecule has 0 aliphatic heterocycles. The molecule has 1 aliphatic carbocycles. The zero-order chi connectivity index (χ0) is 20.4. The normalized spacial score (nSPS) is 13.2. The van der Waals surface area contributed by atoms with Gasteiger partial charge in [-0.25, -0.2) is 4.68 Å². The number of hydrogen-bond acceptors (Lipinski definition) is 3. The standard InChI is InChI=1S/C25H28N2O2/c1-4-27-25(29-16-19-11-9-17(2)10-12-19)23(15-26-27)24(28)22-14-13-20-7-5-6-8-21(20)18(22)3/h9-15H,4-8,16H2,1-3H3. The van der Waals surface area contributed by atoms with Gasteiger partial charge in [0.1, 0.15) is 12.2 Å². The molecule has 4 heteroatoms. The van der Waals surface area contributed by atoms with E-state index in [9.17, 15) is 4.79 Å². The lowest BCUT2D eigenvalue weighted by Gasteiger charge is -2.20. The van der Waals surface area contributed by atoms with E-state index in [4.69, 9.17) is 4.74 Å². The molecule has 0 unspecified atom stereocenters. The molecule has 4 nitrogen and oxygen atoms in total. The number of hydrogen-bond donors (Lipinski definition) is 0. The number of fused-ring (bicyclic) bond motifs is 1. The highest BCUT2D eigenvalue weighted by atomic mass is 16.5. The van der Waals surface area contributed by atoms with Gasteiger partial charge in [-0.3, -0.25) is 4.79 Å². The van der Waals surface area contributed by atoms with Crippen LogP contribution in [0.3, 0.4) is 0 Å². The molecule has 0 N–H and O–H groups in total. The Morgan fingerprint density at radius 2 is 1.79 bits per heavy atom. The molecule has 0 saturated heterocycles. The van der Waals surface area contributed by atoms with E-state index in [1.165, 1.54) is 29.5 Å². The van der Waals surface area contributed by atoms with E-state index < -0.39 is 0 Å². The number of aryl methyl sites for hydroxylation is 3. The van der Waals surface area contributed by atoms with E-state index >= 15 is 0 Å². The second kappa shape index (κ2) is 8.24. The fraction of sp³-hybridized carbons (Fsp3) is 0.360. The third-order valence-corrected chi connectivity index (χ3v) is 5.89. The van der Waals surface area contributed by atoms with Gasteiger partial charge in [-0.1, -0.05) is 42.0 Å². The second-order valence-electron chi connectivity index (χ2n) is 7.87. The molecule has 0 bridgehead atoms. The number of ether oxygens (including phenoxy) is 1. The third-order valence-electron chi connectivity index (χ3n) is 5.89. The van der Waals surface area contributed by atoms with Crippen molar-refractivity contribution in [2.75, 3.05) is 0 Å². The molecular weight excluding hydrogens is 360 g/mol. The zero-order valence-electron chi connectivity index (χ0n) is 17.5. The van der Waals surface area contributed by atoms with Gasteiger partial charge >= 0.3 is 0 Å². The Kier molecular flexibility index (Phi) is 5.52. The van der Waals surface area contributed by atoms with Gasteiger partial charge in [-0.2, -0.15) is 5.10 Å². The van der Waals surface area contributed by atoms with Crippen molar-refractivity contribution in [3.05, 3.63) is 81.5 Å². The average molecular weight is 389 g/mol. The van der Waals surface area contributed by atoms with Crippen LogP contribution in [0, 0.1) is 13.8 Å². The third kappa shape index (κ3) is 3.84. The molecule has 150 valence electrons. The predicted molar refractivity (Wildman–Crippen MR) is 115 cm³/mol. The number of ketones is 1. The molecule has 29 heavy (non-hydrogen) atoms. The van der Waals surface area contributed by atoms with Gasteiger partial charge in [0.2, 0.25) is 5.88 Å². The zero-order valence-corrected chi connectivity index (χ0v) is 17.5. The van der Waals surface area contributed by atoms with Gasteiger partial charge in [0.15, 0.2) is 5.78 Å². The molecule has 0 saturated carbocycles. The Hall–Kier alpha value is -2.88. The van der Waals surface area contributed by atoms with Crippen LogP contribution in [0.5, 0.6) is 5.88 Å². The van der Waals surface area contributed by atoms with E-state index in [2.05, 4.69) is 49.3 Å². The molecule has 1 aliphatic rings. The van der Waals surface area contributed by atoms with Crippen LogP contribution in [0.1, 0.15) is 63.5 Å². The smallest absolute Gasteiger partial charge is 0.223 e. The summed E-state index contributed by atoms with van der Waals surface area (Å²) in [7, 11) is 0. The second-order valence-corrected chi connectivity index (χ2v) is 7.87. The first-order valence-corrected chi connectivity index (χ1v) is 10.5. The average Bonchev–Trinajstić information content (AvgIpc) is 3.16. The first-order chi connectivity index (χ1) is 14.1. The predicted octanol–water partition coefficient (Wildman–Crippen LogP) is 5.21. The Balaban J connectivity index is 1.64. The van der Waals surface area contributed by atoms with E-state index in [1.54, 1.807) is 10.9 Å². The maximum absolute atomic E-state index is 13.4. The summed E-state index contributed by atoms with van der Waals surface area (Å²) in [6.07, 6.45) is 6.26. The molecule has 2 aromatic carbocycles. The van der Waals surface area contributed by atoms with Crippen molar-refractivity contribution < 1.29 is 9.53 Å². The summed E-state index contributed by atoms with van der Waals surface area (Å²) in [5, 5.41) is 4.40. The minimum absolute atomic E-state index is 0.00511. The molecule has 1 heterocycles. The molecule has 0 spiro atoms. The summed E-state index contributed by atoms with van der Waals surface area (Å²) in [6, 6.07) is 12.4. The van der Waals surface area contributed by atoms with Gasteiger partial charge in [-0.05, 0) is 68.7 Å². The summed E-state index contributed by atoms with van der Waals surface area (Å²) in [4.78, 5) is 13.4. The van der Waals surface area contributed by atoms with Gasteiger partial charge in [0.25, 0.3) is 0 Å². The molecule has 1 aromatic heterocycles. The van der Waals surface area contributed by atoms with Crippen molar-refractivity contribution in [1.82, 2.24) is 9.78 Å². The number of benzene rings is 2. The van der Waals surface area contributed by atoms with Crippen molar-refractivity contribution in [2.45, 2.75) is 59.6 Å². The summed E-state index contributed by atoms with van der Waals surface area (Å²) >= 11 is 0. The van der Waals surface area contributed by atoms with Crippen LogP contribution in [0.25, 0.3) is 0 Å². The van der Waals surface area contributed by atoms with Gasteiger partial charge in [-0.15, -0.1) is 0 Å². The van der Waals surface area contributed by atoms with E-state index in [0.29, 0.717) is 24.6 Å². The van der Waals surface area contributed by atoms with Crippen molar-refractivity contribution >= 4 is 5.78 Å². The summed E-state index contributed by atoms with van der Waals surface area (Å²) < 4.78 is 7.86. The highest BCUT2D eigenvalue weighted by molar-refractivity contribution is 6.11. The molecule has 0 atom stereocenters. The largest absolute Gasteiger partial charge is 0.472 e. The lowest BCUT2D eigenvalue weighted by Crippen LogP contribution is -2.12. The minimum Gasteiger partial charge on any atom is -0.472 e. The lowest BCUT2D eigenvalue weighted by atomic mass is 9.85. The van der Waals surface area contributed by atoms with Crippen LogP contribution in [-0.4, -0.2) is 15.6 Å². The minimum atomic E-state index is -0.00511.